The van der Waals surface area contributed by atoms with Gasteiger partial charge in [0.25, 0.3) is 5.56 Å². The van der Waals surface area contributed by atoms with E-state index in [1.165, 1.54) is 7.11 Å². The zero-order valence-corrected chi connectivity index (χ0v) is 11.6. The molecular weight excluding hydrogens is 248 g/mol. The Bertz CT molecular complexity index is 553. The SMILES string of the molecule is COc1c(C(=O)OC(C)(C)C)nc(C2CC2)[nH]c1=O. The van der Waals surface area contributed by atoms with E-state index in [2.05, 4.69) is 9.97 Å². The number of carbonyl (C=O) groups excluding carboxylic acids is 1. The Balaban J connectivity index is 2.41. The number of H-pyrrole nitrogens is 1. The van der Waals surface area contributed by atoms with Crippen LogP contribution in [0, 0.1) is 0 Å². The largest absolute Gasteiger partial charge is 0.489 e. The topological polar surface area (TPSA) is 81.3 Å². The highest BCUT2D eigenvalue weighted by Crippen LogP contribution is 2.38. The van der Waals surface area contributed by atoms with Gasteiger partial charge in [-0.25, -0.2) is 9.78 Å². The number of nitrogens with one attached hydrogen (secondary N) is 1. The molecule has 2 rings (SSSR count). The second kappa shape index (κ2) is 4.68. The summed E-state index contributed by atoms with van der Waals surface area (Å²) in [7, 11) is 1.33. The number of esters is 1. The van der Waals surface area contributed by atoms with Crippen LogP contribution in [0.3, 0.4) is 0 Å². The van der Waals surface area contributed by atoms with Crippen molar-refractivity contribution in [3.05, 3.63) is 21.9 Å². The van der Waals surface area contributed by atoms with Gasteiger partial charge in [-0.3, -0.25) is 4.79 Å². The van der Waals surface area contributed by atoms with E-state index in [0.29, 0.717) is 5.82 Å². The minimum absolute atomic E-state index is 0.0527. The van der Waals surface area contributed by atoms with Gasteiger partial charge in [0.05, 0.1) is 7.11 Å². The molecular formula is C13H18N2O4. The third-order valence-electron chi connectivity index (χ3n) is 2.66. The molecule has 104 valence electrons. The van der Waals surface area contributed by atoms with E-state index in [4.69, 9.17) is 9.47 Å². The van der Waals surface area contributed by atoms with E-state index in [-0.39, 0.29) is 17.4 Å². The summed E-state index contributed by atoms with van der Waals surface area (Å²) in [6.45, 7) is 5.27. The van der Waals surface area contributed by atoms with Gasteiger partial charge in [0.1, 0.15) is 11.4 Å². The van der Waals surface area contributed by atoms with E-state index in [1.807, 2.05) is 0 Å². The highest BCUT2D eigenvalue weighted by molar-refractivity contribution is 5.90. The van der Waals surface area contributed by atoms with Crippen molar-refractivity contribution in [1.29, 1.82) is 0 Å². The third-order valence-corrected chi connectivity index (χ3v) is 2.66. The average molecular weight is 266 g/mol. The second-order valence-corrected chi connectivity index (χ2v) is 5.61. The Morgan fingerprint density at radius 2 is 2.00 bits per heavy atom. The van der Waals surface area contributed by atoms with E-state index in [9.17, 15) is 9.59 Å². The first-order valence-corrected chi connectivity index (χ1v) is 6.23. The van der Waals surface area contributed by atoms with Crippen LogP contribution in [0.5, 0.6) is 5.75 Å². The molecule has 6 heteroatoms. The number of hydrogen-bond donors (Lipinski definition) is 1. The summed E-state index contributed by atoms with van der Waals surface area (Å²) in [6.07, 6.45) is 1.95. The highest BCUT2D eigenvalue weighted by Gasteiger charge is 2.30. The number of nitrogens with zero attached hydrogens (tertiary/aromatic N) is 1. The van der Waals surface area contributed by atoms with Crippen LogP contribution in [-0.2, 0) is 4.74 Å². The van der Waals surface area contributed by atoms with Crippen LogP contribution in [0.4, 0.5) is 0 Å². The van der Waals surface area contributed by atoms with Crippen molar-refractivity contribution in [1.82, 2.24) is 9.97 Å². The molecule has 1 aromatic heterocycles. The molecule has 0 unspecified atom stereocenters. The molecule has 1 heterocycles. The van der Waals surface area contributed by atoms with Crippen LogP contribution in [0.25, 0.3) is 0 Å². The normalized spacial score (nSPS) is 15.2. The number of ether oxygens (including phenoxy) is 2. The molecule has 0 radical (unpaired) electrons. The van der Waals surface area contributed by atoms with Gasteiger partial charge in [-0.1, -0.05) is 0 Å². The van der Waals surface area contributed by atoms with Gasteiger partial charge in [0.15, 0.2) is 5.69 Å². The maximum atomic E-state index is 12.1. The molecule has 19 heavy (non-hydrogen) atoms. The zero-order valence-electron chi connectivity index (χ0n) is 11.6. The fourth-order valence-electron chi connectivity index (χ4n) is 1.68. The predicted molar refractivity (Wildman–Crippen MR) is 68.6 cm³/mol. The van der Waals surface area contributed by atoms with Crippen molar-refractivity contribution in [3.8, 4) is 5.75 Å². The number of aromatic amines is 1. The number of aromatic nitrogens is 2. The molecule has 0 bridgehead atoms. The van der Waals surface area contributed by atoms with Crippen LogP contribution >= 0.6 is 0 Å². The van der Waals surface area contributed by atoms with Crippen molar-refractivity contribution in [3.63, 3.8) is 0 Å². The summed E-state index contributed by atoms with van der Waals surface area (Å²) >= 11 is 0. The first-order chi connectivity index (χ1) is 8.81. The lowest BCUT2D eigenvalue weighted by atomic mass is 10.2. The molecule has 0 saturated heterocycles. The predicted octanol–water partition coefficient (Wildman–Crippen LogP) is 1.61. The van der Waals surface area contributed by atoms with Crippen molar-refractivity contribution < 1.29 is 14.3 Å². The van der Waals surface area contributed by atoms with Crippen LogP contribution in [0.15, 0.2) is 4.79 Å². The number of carbonyl (C=O) groups is 1. The molecule has 0 amide bonds. The minimum Gasteiger partial charge on any atom is -0.489 e. The smallest absolute Gasteiger partial charge is 0.361 e. The fourth-order valence-corrected chi connectivity index (χ4v) is 1.68. The Hall–Kier alpha value is -1.85. The molecule has 0 aromatic carbocycles. The van der Waals surface area contributed by atoms with E-state index >= 15 is 0 Å². The van der Waals surface area contributed by atoms with Gasteiger partial charge in [0, 0.05) is 5.92 Å². The van der Waals surface area contributed by atoms with Crippen molar-refractivity contribution >= 4 is 5.97 Å². The Morgan fingerprint density at radius 3 is 2.47 bits per heavy atom. The lowest BCUT2D eigenvalue weighted by Gasteiger charge is -2.19. The van der Waals surface area contributed by atoms with Gasteiger partial charge in [0.2, 0.25) is 5.75 Å². The Kier molecular flexibility index (Phi) is 3.34. The summed E-state index contributed by atoms with van der Waals surface area (Å²) in [4.78, 5) is 30.8. The van der Waals surface area contributed by atoms with E-state index < -0.39 is 17.1 Å². The Morgan fingerprint density at radius 1 is 1.37 bits per heavy atom. The van der Waals surface area contributed by atoms with Gasteiger partial charge in [-0.2, -0.15) is 0 Å². The Labute approximate surface area is 111 Å². The van der Waals surface area contributed by atoms with Gasteiger partial charge in [-0.05, 0) is 33.6 Å². The van der Waals surface area contributed by atoms with Crippen molar-refractivity contribution in [2.24, 2.45) is 0 Å². The van der Waals surface area contributed by atoms with Crippen LogP contribution < -0.4 is 10.3 Å². The number of hydrogen-bond acceptors (Lipinski definition) is 5. The standard InChI is InChI=1S/C13H18N2O4/c1-13(2,3)19-12(17)8-9(18-4)11(16)15-10(14-8)7-5-6-7/h7H,5-6H2,1-4H3,(H,14,15,16). The second-order valence-electron chi connectivity index (χ2n) is 5.61. The summed E-state index contributed by atoms with van der Waals surface area (Å²) in [6, 6.07) is 0. The van der Waals surface area contributed by atoms with Crippen LogP contribution in [-0.4, -0.2) is 28.6 Å². The number of methoxy groups -OCH3 is 1. The molecule has 0 atom stereocenters. The number of rotatable bonds is 3. The van der Waals surface area contributed by atoms with Crippen molar-refractivity contribution in [2.75, 3.05) is 7.11 Å². The minimum atomic E-state index is -0.647. The van der Waals surface area contributed by atoms with E-state index in [1.54, 1.807) is 20.8 Å². The summed E-state index contributed by atoms with van der Waals surface area (Å²) < 4.78 is 10.2. The fraction of sp³-hybridized carbons (Fsp3) is 0.615. The molecule has 1 saturated carbocycles. The van der Waals surface area contributed by atoms with Crippen LogP contribution in [0.2, 0.25) is 0 Å². The quantitative estimate of drug-likeness (QED) is 0.840. The van der Waals surface area contributed by atoms with Gasteiger partial charge >= 0.3 is 5.97 Å². The summed E-state index contributed by atoms with van der Waals surface area (Å²) in [5, 5.41) is 0. The first-order valence-electron chi connectivity index (χ1n) is 6.23. The van der Waals surface area contributed by atoms with Gasteiger partial charge < -0.3 is 14.5 Å². The molecule has 1 N–H and O–H groups in total. The molecule has 1 aromatic rings. The molecule has 0 spiro atoms. The molecule has 6 nitrogen and oxygen atoms in total. The lowest BCUT2D eigenvalue weighted by Crippen LogP contribution is -2.27. The first kappa shape index (κ1) is 13.6. The lowest BCUT2D eigenvalue weighted by molar-refractivity contribution is 0.00585. The van der Waals surface area contributed by atoms with Crippen molar-refractivity contribution in [2.45, 2.75) is 45.1 Å². The molecule has 1 aliphatic carbocycles. The van der Waals surface area contributed by atoms with Gasteiger partial charge in [-0.15, -0.1) is 0 Å². The third kappa shape index (κ3) is 3.13. The zero-order chi connectivity index (χ0) is 14.2. The maximum absolute atomic E-state index is 12.1. The summed E-state index contributed by atoms with van der Waals surface area (Å²) in [5.74, 6) is 0.0300. The molecule has 1 fully saturated rings. The van der Waals surface area contributed by atoms with Crippen LogP contribution in [0.1, 0.15) is 55.8 Å². The monoisotopic (exact) mass is 266 g/mol. The highest BCUT2D eigenvalue weighted by atomic mass is 16.6. The summed E-state index contributed by atoms with van der Waals surface area (Å²) in [5.41, 5.74) is -1.14. The maximum Gasteiger partial charge on any atom is 0.361 e. The van der Waals surface area contributed by atoms with E-state index in [0.717, 1.165) is 12.8 Å². The molecule has 1 aliphatic rings. The average Bonchev–Trinajstić information content (AvgIpc) is 3.09. The molecule has 0 aliphatic heterocycles.